The van der Waals surface area contributed by atoms with Gasteiger partial charge in [-0.3, -0.25) is 0 Å². The van der Waals surface area contributed by atoms with Crippen LogP contribution in [0, 0.1) is 0 Å². The van der Waals surface area contributed by atoms with Crippen molar-refractivity contribution in [2.75, 3.05) is 6.26 Å². The lowest BCUT2D eigenvalue weighted by atomic mass is 10.3. The number of hydrogen-bond donors (Lipinski definition) is 2. The number of nitrogens with one attached hydrogen (secondary N) is 2. The maximum atomic E-state index is 11.1. The predicted octanol–water partition coefficient (Wildman–Crippen LogP) is 2.48. The lowest BCUT2D eigenvalue weighted by Crippen LogP contribution is -2.26. The number of H-pyrrole nitrogens is 1. The third-order valence-corrected chi connectivity index (χ3v) is 3.85. The minimum atomic E-state index is -3.29. The fraction of sp³-hybridized carbons (Fsp3) is 0.300. The van der Waals surface area contributed by atoms with E-state index in [9.17, 15) is 8.42 Å². The number of nitrogens with zero attached hydrogens (tertiary/aromatic N) is 1. The highest BCUT2D eigenvalue weighted by Gasteiger charge is 2.15. The van der Waals surface area contributed by atoms with Crippen molar-refractivity contribution in [3.05, 3.63) is 28.0 Å². The van der Waals surface area contributed by atoms with Crippen LogP contribution in [0.1, 0.15) is 18.8 Å². The molecule has 1 unspecified atom stereocenters. The lowest BCUT2D eigenvalue weighted by Gasteiger charge is -2.08. The Hall–Kier alpha value is -0.820. The van der Waals surface area contributed by atoms with Gasteiger partial charge in [0.15, 0.2) is 0 Å². The quantitative estimate of drug-likeness (QED) is 0.914. The predicted molar refractivity (Wildman–Crippen MR) is 72.5 cm³/mol. The van der Waals surface area contributed by atoms with Gasteiger partial charge in [0.2, 0.25) is 10.0 Å². The molecule has 2 aromatic rings. The van der Waals surface area contributed by atoms with Gasteiger partial charge in [-0.25, -0.2) is 18.1 Å². The van der Waals surface area contributed by atoms with E-state index in [0.29, 0.717) is 26.9 Å². The molecule has 0 bridgehead atoms. The first-order valence-corrected chi connectivity index (χ1v) is 7.73. The molecule has 0 spiro atoms. The van der Waals surface area contributed by atoms with Crippen molar-refractivity contribution in [3.8, 4) is 0 Å². The molecule has 0 saturated heterocycles. The molecule has 0 fully saturated rings. The van der Waals surface area contributed by atoms with Gasteiger partial charge < -0.3 is 4.98 Å². The zero-order chi connectivity index (χ0) is 13.5. The number of hydrogen-bond acceptors (Lipinski definition) is 3. The summed E-state index contributed by atoms with van der Waals surface area (Å²) in [5, 5.41) is 0.828. The van der Waals surface area contributed by atoms with Gasteiger partial charge in [0.05, 0.1) is 33.4 Å². The van der Waals surface area contributed by atoms with Crippen LogP contribution in [0.5, 0.6) is 0 Å². The molecular weight excluding hydrogens is 297 g/mol. The smallest absolute Gasteiger partial charge is 0.209 e. The molecule has 2 rings (SSSR count). The third-order valence-electron chi connectivity index (χ3n) is 2.34. The van der Waals surface area contributed by atoms with Crippen LogP contribution in [0.3, 0.4) is 0 Å². The molecule has 1 atom stereocenters. The van der Waals surface area contributed by atoms with Crippen LogP contribution < -0.4 is 4.72 Å². The molecule has 1 aromatic heterocycles. The van der Waals surface area contributed by atoms with E-state index in [0.717, 1.165) is 6.26 Å². The molecule has 0 radical (unpaired) electrons. The van der Waals surface area contributed by atoms with E-state index < -0.39 is 16.1 Å². The number of rotatable bonds is 3. The zero-order valence-electron chi connectivity index (χ0n) is 9.66. The average Bonchev–Trinajstić information content (AvgIpc) is 2.59. The van der Waals surface area contributed by atoms with E-state index in [4.69, 9.17) is 23.2 Å². The second-order valence-corrected chi connectivity index (χ2v) is 6.61. The molecule has 0 amide bonds. The molecule has 0 aliphatic heterocycles. The molecular formula is C10H11Cl2N3O2S. The van der Waals surface area contributed by atoms with Gasteiger partial charge in [0.1, 0.15) is 5.82 Å². The molecule has 98 valence electrons. The average molecular weight is 308 g/mol. The molecule has 0 aliphatic carbocycles. The Labute approximate surface area is 115 Å². The molecule has 0 saturated carbocycles. The van der Waals surface area contributed by atoms with E-state index in [1.54, 1.807) is 19.1 Å². The molecule has 5 nitrogen and oxygen atoms in total. The van der Waals surface area contributed by atoms with Crippen molar-refractivity contribution < 1.29 is 8.42 Å². The van der Waals surface area contributed by atoms with Crippen LogP contribution in [-0.4, -0.2) is 24.6 Å². The minimum absolute atomic E-state index is 0.408. The molecule has 18 heavy (non-hydrogen) atoms. The van der Waals surface area contributed by atoms with Gasteiger partial charge >= 0.3 is 0 Å². The van der Waals surface area contributed by atoms with Gasteiger partial charge in [-0.2, -0.15) is 0 Å². The van der Waals surface area contributed by atoms with Crippen molar-refractivity contribution in [3.63, 3.8) is 0 Å². The van der Waals surface area contributed by atoms with Crippen LogP contribution in [0.25, 0.3) is 11.0 Å². The number of fused-ring (bicyclic) bond motifs is 1. The van der Waals surface area contributed by atoms with Gasteiger partial charge in [-0.15, -0.1) is 0 Å². The Morgan fingerprint density at radius 2 is 1.94 bits per heavy atom. The second kappa shape index (κ2) is 4.70. The van der Waals surface area contributed by atoms with Gasteiger partial charge in [0.25, 0.3) is 0 Å². The maximum Gasteiger partial charge on any atom is 0.209 e. The number of aromatic amines is 1. The largest absolute Gasteiger partial charge is 0.341 e. The van der Waals surface area contributed by atoms with E-state index in [-0.39, 0.29) is 0 Å². The Morgan fingerprint density at radius 3 is 2.56 bits per heavy atom. The summed E-state index contributed by atoms with van der Waals surface area (Å²) in [6.07, 6.45) is 1.10. The first-order valence-electron chi connectivity index (χ1n) is 5.08. The molecule has 1 aromatic carbocycles. The summed E-state index contributed by atoms with van der Waals surface area (Å²) in [4.78, 5) is 7.28. The fourth-order valence-electron chi connectivity index (χ4n) is 1.61. The summed E-state index contributed by atoms with van der Waals surface area (Å²) >= 11 is 11.8. The van der Waals surface area contributed by atoms with Gasteiger partial charge in [0, 0.05) is 0 Å². The number of imidazole rings is 1. The summed E-state index contributed by atoms with van der Waals surface area (Å²) in [5.74, 6) is 0.508. The van der Waals surface area contributed by atoms with Crippen LogP contribution in [-0.2, 0) is 10.0 Å². The van der Waals surface area contributed by atoms with Crippen LogP contribution in [0.15, 0.2) is 12.1 Å². The molecule has 2 N–H and O–H groups in total. The number of halogens is 2. The van der Waals surface area contributed by atoms with E-state index >= 15 is 0 Å². The molecule has 8 heteroatoms. The first kappa shape index (κ1) is 13.6. The highest BCUT2D eigenvalue weighted by molar-refractivity contribution is 7.88. The molecule has 1 heterocycles. The fourth-order valence-corrected chi connectivity index (χ4v) is 2.68. The number of aromatic nitrogens is 2. The lowest BCUT2D eigenvalue weighted by molar-refractivity contribution is 0.567. The Bertz CT molecular complexity index is 657. The minimum Gasteiger partial charge on any atom is -0.341 e. The Morgan fingerprint density at radius 1 is 1.33 bits per heavy atom. The van der Waals surface area contributed by atoms with Crippen molar-refractivity contribution in [1.29, 1.82) is 0 Å². The van der Waals surface area contributed by atoms with Gasteiger partial charge in [-0.05, 0) is 19.1 Å². The van der Waals surface area contributed by atoms with Crippen molar-refractivity contribution in [2.45, 2.75) is 13.0 Å². The van der Waals surface area contributed by atoms with Crippen molar-refractivity contribution >= 4 is 44.3 Å². The van der Waals surface area contributed by atoms with E-state index in [1.165, 1.54) is 0 Å². The highest BCUT2D eigenvalue weighted by Crippen LogP contribution is 2.27. The standard InChI is InChI=1S/C10H11Cl2N3O2S/c1-5(15-18(2,16)17)10-13-8-3-6(11)7(12)4-9(8)14-10/h3-5,15H,1-2H3,(H,13,14). The molecule has 0 aliphatic rings. The second-order valence-electron chi connectivity index (χ2n) is 4.02. The zero-order valence-corrected chi connectivity index (χ0v) is 12.0. The Kier molecular flexibility index (Phi) is 3.55. The third kappa shape index (κ3) is 2.95. The summed E-state index contributed by atoms with van der Waals surface area (Å²) in [6, 6.07) is 2.83. The summed E-state index contributed by atoms with van der Waals surface area (Å²) in [5.41, 5.74) is 1.35. The topological polar surface area (TPSA) is 74.8 Å². The van der Waals surface area contributed by atoms with Crippen molar-refractivity contribution in [2.24, 2.45) is 0 Å². The summed E-state index contributed by atoms with van der Waals surface area (Å²) in [6.45, 7) is 1.70. The summed E-state index contributed by atoms with van der Waals surface area (Å²) in [7, 11) is -3.29. The highest BCUT2D eigenvalue weighted by atomic mass is 35.5. The van der Waals surface area contributed by atoms with E-state index in [2.05, 4.69) is 14.7 Å². The van der Waals surface area contributed by atoms with Gasteiger partial charge in [-0.1, -0.05) is 23.2 Å². The normalized spacial score (nSPS) is 14.0. The number of sulfonamides is 1. The maximum absolute atomic E-state index is 11.1. The van der Waals surface area contributed by atoms with Crippen molar-refractivity contribution in [1.82, 2.24) is 14.7 Å². The van der Waals surface area contributed by atoms with E-state index in [1.807, 2.05) is 0 Å². The Balaban J connectivity index is 2.41. The number of benzene rings is 1. The summed E-state index contributed by atoms with van der Waals surface area (Å²) < 4.78 is 24.7. The first-order chi connectivity index (χ1) is 8.26. The van der Waals surface area contributed by atoms with Crippen LogP contribution >= 0.6 is 23.2 Å². The SMILES string of the molecule is CC(NS(C)(=O)=O)c1nc2cc(Cl)c(Cl)cc2[nH]1. The van der Waals surface area contributed by atoms with Crippen LogP contribution in [0.4, 0.5) is 0 Å². The van der Waals surface area contributed by atoms with Crippen LogP contribution in [0.2, 0.25) is 10.0 Å². The monoisotopic (exact) mass is 307 g/mol.